The number of hydrogen-bond acceptors (Lipinski definition) is 3. The van der Waals surface area contributed by atoms with E-state index in [0.717, 1.165) is 27.9 Å². The predicted octanol–water partition coefficient (Wildman–Crippen LogP) is 4.77. The van der Waals surface area contributed by atoms with E-state index in [0.29, 0.717) is 18.5 Å². The number of benzene rings is 2. The molecule has 0 spiro atoms. The standard InChI is InChI=1S/C24H26N2O2/c1-4-23(27)21-9-5-19(6-10-21)20-7-11-22(12-8-20)24(28)26(3)16-18-13-14-25-17(2)15-18/h5-15,23,27H,4,16H2,1-3H3/t23-/m0/s1. The molecule has 2 aromatic carbocycles. The molecular weight excluding hydrogens is 348 g/mol. The Kier molecular flexibility index (Phi) is 6.22. The summed E-state index contributed by atoms with van der Waals surface area (Å²) in [5, 5.41) is 9.92. The van der Waals surface area contributed by atoms with Crippen molar-refractivity contribution in [2.75, 3.05) is 7.05 Å². The van der Waals surface area contributed by atoms with Gasteiger partial charge in [-0.25, -0.2) is 0 Å². The number of rotatable bonds is 6. The first-order chi connectivity index (χ1) is 13.5. The Hall–Kier alpha value is -2.98. The topological polar surface area (TPSA) is 53.4 Å². The van der Waals surface area contributed by atoms with E-state index in [2.05, 4.69) is 4.98 Å². The maximum atomic E-state index is 12.7. The average molecular weight is 374 g/mol. The molecule has 1 N–H and O–H groups in total. The summed E-state index contributed by atoms with van der Waals surface area (Å²) < 4.78 is 0. The van der Waals surface area contributed by atoms with Gasteiger partial charge >= 0.3 is 0 Å². The van der Waals surface area contributed by atoms with Gasteiger partial charge in [0.05, 0.1) is 6.10 Å². The van der Waals surface area contributed by atoms with Crippen molar-refractivity contribution in [2.45, 2.75) is 32.9 Å². The van der Waals surface area contributed by atoms with Crippen molar-refractivity contribution >= 4 is 5.91 Å². The van der Waals surface area contributed by atoms with Gasteiger partial charge in [0, 0.05) is 31.0 Å². The Bertz CT molecular complexity index is 934. The average Bonchev–Trinajstić information content (AvgIpc) is 2.73. The Morgan fingerprint density at radius 1 is 1.04 bits per heavy atom. The van der Waals surface area contributed by atoms with Gasteiger partial charge in [-0.2, -0.15) is 0 Å². The molecule has 3 aromatic rings. The predicted molar refractivity (Wildman–Crippen MR) is 112 cm³/mol. The van der Waals surface area contributed by atoms with Gasteiger partial charge < -0.3 is 10.0 Å². The molecule has 0 aliphatic rings. The minimum Gasteiger partial charge on any atom is -0.388 e. The Labute approximate surface area is 166 Å². The van der Waals surface area contributed by atoms with Crippen LogP contribution >= 0.6 is 0 Å². The van der Waals surface area contributed by atoms with Gasteiger partial charge in [-0.15, -0.1) is 0 Å². The van der Waals surface area contributed by atoms with Crippen LogP contribution in [-0.4, -0.2) is 27.9 Å². The third-order valence-electron chi connectivity index (χ3n) is 4.87. The first kappa shape index (κ1) is 19.8. The van der Waals surface area contributed by atoms with Crippen molar-refractivity contribution in [2.24, 2.45) is 0 Å². The number of carbonyl (C=O) groups excluding carboxylic acids is 1. The molecule has 0 saturated carbocycles. The Morgan fingerprint density at radius 3 is 2.21 bits per heavy atom. The second-order valence-corrected chi connectivity index (χ2v) is 7.09. The van der Waals surface area contributed by atoms with Crippen LogP contribution in [0.25, 0.3) is 11.1 Å². The largest absolute Gasteiger partial charge is 0.388 e. The molecule has 3 rings (SSSR count). The number of aryl methyl sites for hydroxylation is 1. The van der Waals surface area contributed by atoms with Crippen LogP contribution in [0, 0.1) is 6.92 Å². The summed E-state index contributed by atoms with van der Waals surface area (Å²) >= 11 is 0. The van der Waals surface area contributed by atoms with Crippen LogP contribution in [0.1, 0.15) is 46.6 Å². The number of amides is 1. The lowest BCUT2D eigenvalue weighted by atomic mass is 10.00. The molecule has 0 aliphatic carbocycles. The third-order valence-corrected chi connectivity index (χ3v) is 4.87. The maximum absolute atomic E-state index is 12.7. The fourth-order valence-electron chi connectivity index (χ4n) is 3.21. The summed E-state index contributed by atoms with van der Waals surface area (Å²) in [6, 6.07) is 19.5. The molecule has 4 nitrogen and oxygen atoms in total. The van der Waals surface area contributed by atoms with Crippen molar-refractivity contribution in [1.29, 1.82) is 0 Å². The van der Waals surface area contributed by atoms with Crippen LogP contribution in [0.3, 0.4) is 0 Å². The molecule has 1 amide bonds. The highest BCUT2D eigenvalue weighted by Gasteiger charge is 2.13. The second-order valence-electron chi connectivity index (χ2n) is 7.09. The van der Waals surface area contributed by atoms with Crippen molar-refractivity contribution in [1.82, 2.24) is 9.88 Å². The Morgan fingerprint density at radius 2 is 1.64 bits per heavy atom. The molecule has 0 fully saturated rings. The molecule has 28 heavy (non-hydrogen) atoms. The van der Waals surface area contributed by atoms with Crippen LogP contribution in [-0.2, 0) is 6.54 Å². The first-order valence-electron chi connectivity index (χ1n) is 9.53. The molecule has 4 heteroatoms. The van der Waals surface area contributed by atoms with Gasteiger partial charge in [0.2, 0.25) is 0 Å². The van der Waals surface area contributed by atoms with E-state index in [1.165, 1.54) is 0 Å². The zero-order valence-corrected chi connectivity index (χ0v) is 16.6. The zero-order chi connectivity index (χ0) is 20.1. The number of carbonyl (C=O) groups is 1. The minimum atomic E-state index is -0.422. The van der Waals surface area contributed by atoms with Gasteiger partial charge in [0.15, 0.2) is 0 Å². The van der Waals surface area contributed by atoms with E-state index >= 15 is 0 Å². The van der Waals surface area contributed by atoms with Crippen LogP contribution < -0.4 is 0 Å². The molecule has 0 aliphatic heterocycles. The van der Waals surface area contributed by atoms with E-state index in [4.69, 9.17) is 0 Å². The molecule has 1 heterocycles. The molecule has 0 radical (unpaired) electrons. The third kappa shape index (κ3) is 4.65. The number of hydrogen-bond donors (Lipinski definition) is 1. The van der Waals surface area contributed by atoms with E-state index in [-0.39, 0.29) is 5.91 Å². The molecule has 144 valence electrons. The number of nitrogens with zero attached hydrogens (tertiary/aromatic N) is 2. The number of pyridine rings is 1. The quantitative estimate of drug-likeness (QED) is 0.676. The van der Waals surface area contributed by atoms with Gasteiger partial charge in [0.1, 0.15) is 0 Å². The fraction of sp³-hybridized carbons (Fsp3) is 0.250. The van der Waals surface area contributed by atoms with Gasteiger partial charge in [0.25, 0.3) is 5.91 Å². The highest BCUT2D eigenvalue weighted by Crippen LogP contribution is 2.24. The highest BCUT2D eigenvalue weighted by molar-refractivity contribution is 5.94. The summed E-state index contributed by atoms with van der Waals surface area (Å²) in [6.07, 6.45) is 2.04. The summed E-state index contributed by atoms with van der Waals surface area (Å²) in [5.41, 5.74) is 5.70. The first-order valence-corrected chi connectivity index (χ1v) is 9.53. The van der Waals surface area contributed by atoms with E-state index < -0.39 is 6.10 Å². The molecule has 1 atom stereocenters. The van der Waals surface area contributed by atoms with Crippen molar-refractivity contribution in [3.8, 4) is 11.1 Å². The second kappa shape index (κ2) is 8.81. The van der Waals surface area contributed by atoms with Gasteiger partial charge in [-0.1, -0.05) is 43.3 Å². The van der Waals surface area contributed by atoms with Crippen molar-refractivity contribution in [3.63, 3.8) is 0 Å². The van der Waals surface area contributed by atoms with E-state index in [1.54, 1.807) is 11.1 Å². The lowest BCUT2D eigenvalue weighted by molar-refractivity contribution is 0.0785. The van der Waals surface area contributed by atoms with Crippen molar-refractivity contribution in [3.05, 3.63) is 89.2 Å². The molecule has 0 bridgehead atoms. The van der Waals surface area contributed by atoms with Crippen LogP contribution in [0.5, 0.6) is 0 Å². The number of aromatic nitrogens is 1. The van der Waals surface area contributed by atoms with Gasteiger partial charge in [-0.05, 0) is 59.9 Å². The summed E-state index contributed by atoms with van der Waals surface area (Å²) in [4.78, 5) is 18.6. The highest BCUT2D eigenvalue weighted by atomic mass is 16.3. The van der Waals surface area contributed by atoms with Gasteiger partial charge in [-0.3, -0.25) is 9.78 Å². The zero-order valence-electron chi connectivity index (χ0n) is 16.6. The van der Waals surface area contributed by atoms with Crippen molar-refractivity contribution < 1.29 is 9.90 Å². The monoisotopic (exact) mass is 374 g/mol. The lowest BCUT2D eigenvalue weighted by Gasteiger charge is -2.18. The fourth-order valence-corrected chi connectivity index (χ4v) is 3.21. The molecule has 0 unspecified atom stereocenters. The smallest absolute Gasteiger partial charge is 0.253 e. The van der Waals surface area contributed by atoms with Crippen LogP contribution in [0.2, 0.25) is 0 Å². The summed E-state index contributed by atoms with van der Waals surface area (Å²) in [7, 11) is 1.81. The number of aliphatic hydroxyl groups excluding tert-OH is 1. The lowest BCUT2D eigenvalue weighted by Crippen LogP contribution is -2.26. The Balaban J connectivity index is 1.70. The van der Waals surface area contributed by atoms with Crippen LogP contribution in [0.15, 0.2) is 66.9 Å². The summed E-state index contributed by atoms with van der Waals surface area (Å²) in [5.74, 6) is -0.0116. The molecule has 1 aromatic heterocycles. The molecule has 0 saturated heterocycles. The molecular formula is C24H26N2O2. The van der Waals surface area contributed by atoms with E-state index in [9.17, 15) is 9.90 Å². The maximum Gasteiger partial charge on any atom is 0.253 e. The number of aliphatic hydroxyl groups is 1. The SMILES string of the molecule is CC[C@H](O)c1ccc(-c2ccc(C(=O)N(C)Cc3ccnc(C)c3)cc2)cc1. The minimum absolute atomic E-state index is 0.0116. The summed E-state index contributed by atoms with van der Waals surface area (Å²) in [6.45, 7) is 4.45. The normalized spacial score (nSPS) is 11.9. The van der Waals surface area contributed by atoms with Crippen LogP contribution in [0.4, 0.5) is 0 Å². The van der Waals surface area contributed by atoms with E-state index in [1.807, 2.05) is 81.6 Å².